The van der Waals surface area contributed by atoms with Gasteiger partial charge in [-0.25, -0.2) is 0 Å². The molecule has 2 rings (SSSR count). The summed E-state index contributed by atoms with van der Waals surface area (Å²) in [5, 5.41) is 11.5. The van der Waals surface area contributed by atoms with Gasteiger partial charge in [-0.15, -0.1) is 0 Å². The van der Waals surface area contributed by atoms with Gasteiger partial charge in [-0.3, -0.25) is 9.80 Å². The maximum atomic E-state index is 8.51. The largest absolute Gasteiger partial charge is 0.409 e. The Balaban J connectivity index is 1.73. The Morgan fingerprint density at radius 2 is 2.12 bits per heavy atom. The Labute approximate surface area is 101 Å². The first-order valence-electron chi connectivity index (χ1n) is 5.80. The van der Waals surface area contributed by atoms with Crippen molar-refractivity contribution in [2.24, 2.45) is 10.9 Å². The molecule has 5 nitrogen and oxygen atoms in total. The van der Waals surface area contributed by atoms with E-state index in [2.05, 4.69) is 26.7 Å². The molecule has 0 bridgehead atoms. The number of hydrogen-bond acceptors (Lipinski definition) is 5. The Hall–Kier alpha value is -0.460. The van der Waals surface area contributed by atoms with Gasteiger partial charge < -0.3 is 10.9 Å². The third-order valence-electron chi connectivity index (χ3n) is 3.34. The van der Waals surface area contributed by atoms with Crippen molar-refractivity contribution in [2.75, 3.05) is 44.2 Å². The predicted molar refractivity (Wildman–Crippen MR) is 67.2 cm³/mol. The summed E-state index contributed by atoms with van der Waals surface area (Å²) in [4.78, 5) is 4.83. The molecule has 92 valence electrons. The van der Waals surface area contributed by atoms with Gasteiger partial charge in [0.1, 0.15) is 0 Å². The Morgan fingerprint density at radius 1 is 1.38 bits per heavy atom. The van der Waals surface area contributed by atoms with Gasteiger partial charge in [0.2, 0.25) is 0 Å². The van der Waals surface area contributed by atoms with E-state index >= 15 is 0 Å². The number of amidine groups is 1. The molecule has 2 aliphatic heterocycles. The molecular weight excluding hydrogens is 224 g/mol. The topological polar surface area (TPSA) is 65.1 Å². The summed E-state index contributed by atoms with van der Waals surface area (Å²) >= 11 is 2.06. The second kappa shape index (κ2) is 5.75. The molecule has 0 saturated carbocycles. The number of nitrogens with zero attached hydrogens (tertiary/aromatic N) is 3. The third kappa shape index (κ3) is 3.02. The SMILES string of the molecule is NC(CN1CCN([C@@H]2CCSC2)CC1)=NO. The van der Waals surface area contributed by atoms with E-state index in [1.165, 1.54) is 17.9 Å². The summed E-state index contributed by atoms with van der Waals surface area (Å²) in [5.41, 5.74) is 5.50. The van der Waals surface area contributed by atoms with Gasteiger partial charge in [0, 0.05) is 38.0 Å². The van der Waals surface area contributed by atoms with E-state index in [-0.39, 0.29) is 0 Å². The van der Waals surface area contributed by atoms with Gasteiger partial charge in [0.25, 0.3) is 0 Å². The molecular formula is C10H20N4OS. The number of hydrogen-bond donors (Lipinski definition) is 2. The number of nitrogens with two attached hydrogens (primary N) is 1. The smallest absolute Gasteiger partial charge is 0.153 e. The van der Waals surface area contributed by atoms with E-state index in [4.69, 9.17) is 10.9 Å². The molecule has 16 heavy (non-hydrogen) atoms. The van der Waals surface area contributed by atoms with Crippen LogP contribution in [0.25, 0.3) is 0 Å². The molecule has 0 amide bonds. The lowest BCUT2D eigenvalue weighted by molar-refractivity contribution is 0.114. The van der Waals surface area contributed by atoms with Crippen LogP contribution < -0.4 is 5.73 Å². The maximum absolute atomic E-state index is 8.51. The highest BCUT2D eigenvalue weighted by atomic mass is 32.2. The molecule has 2 heterocycles. The van der Waals surface area contributed by atoms with Gasteiger partial charge in [-0.1, -0.05) is 5.16 Å². The second-order valence-corrected chi connectivity index (χ2v) is 5.57. The van der Waals surface area contributed by atoms with Crippen LogP contribution in [0.2, 0.25) is 0 Å². The first kappa shape index (κ1) is 12.0. The summed E-state index contributed by atoms with van der Waals surface area (Å²) in [5.74, 6) is 2.92. The lowest BCUT2D eigenvalue weighted by Gasteiger charge is -2.37. The molecule has 3 N–H and O–H groups in total. The van der Waals surface area contributed by atoms with Crippen LogP contribution in [0.1, 0.15) is 6.42 Å². The zero-order chi connectivity index (χ0) is 11.4. The third-order valence-corrected chi connectivity index (χ3v) is 4.49. The van der Waals surface area contributed by atoms with Gasteiger partial charge in [-0.2, -0.15) is 11.8 Å². The van der Waals surface area contributed by atoms with Gasteiger partial charge in [-0.05, 0) is 12.2 Å². The summed E-state index contributed by atoms with van der Waals surface area (Å²) in [7, 11) is 0. The number of piperazine rings is 1. The van der Waals surface area contributed by atoms with Gasteiger partial charge in [0.15, 0.2) is 5.84 Å². The highest BCUT2D eigenvalue weighted by molar-refractivity contribution is 7.99. The van der Waals surface area contributed by atoms with Crippen LogP contribution in [0.15, 0.2) is 5.16 Å². The molecule has 2 fully saturated rings. The van der Waals surface area contributed by atoms with Crippen LogP contribution in [0.4, 0.5) is 0 Å². The quantitative estimate of drug-likeness (QED) is 0.313. The molecule has 0 aromatic heterocycles. The van der Waals surface area contributed by atoms with E-state index in [0.717, 1.165) is 32.2 Å². The maximum Gasteiger partial charge on any atom is 0.153 e. The van der Waals surface area contributed by atoms with Crippen molar-refractivity contribution in [3.63, 3.8) is 0 Å². The van der Waals surface area contributed by atoms with Crippen LogP contribution in [-0.4, -0.2) is 71.1 Å². The van der Waals surface area contributed by atoms with Crippen LogP contribution >= 0.6 is 11.8 Å². The van der Waals surface area contributed by atoms with E-state index in [0.29, 0.717) is 12.4 Å². The van der Waals surface area contributed by atoms with E-state index in [1.54, 1.807) is 0 Å². The molecule has 0 aromatic rings. The zero-order valence-corrected chi connectivity index (χ0v) is 10.3. The highest BCUT2D eigenvalue weighted by Gasteiger charge is 2.26. The Bertz CT molecular complexity index is 247. The number of oxime groups is 1. The molecule has 2 saturated heterocycles. The summed E-state index contributed by atoms with van der Waals surface area (Å²) in [6.07, 6.45) is 1.34. The lowest BCUT2D eigenvalue weighted by atomic mass is 10.2. The fourth-order valence-corrected chi connectivity index (χ4v) is 3.61. The van der Waals surface area contributed by atoms with E-state index < -0.39 is 0 Å². The summed E-state index contributed by atoms with van der Waals surface area (Å²) < 4.78 is 0. The molecule has 2 aliphatic rings. The van der Waals surface area contributed by atoms with Crippen LogP contribution in [-0.2, 0) is 0 Å². The molecule has 0 radical (unpaired) electrons. The second-order valence-electron chi connectivity index (χ2n) is 4.42. The normalized spacial score (nSPS) is 29.8. The van der Waals surface area contributed by atoms with Crippen LogP contribution in [0.3, 0.4) is 0 Å². The fourth-order valence-electron chi connectivity index (χ4n) is 2.36. The molecule has 0 spiro atoms. The summed E-state index contributed by atoms with van der Waals surface area (Å²) in [6, 6.07) is 0.788. The molecule has 0 aliphatic carbocycles. The minimum absolute atomic E-state index is 0.310. The van der Waals surface area contributed by atoms with Crippen molar-refractivity contribution in [1.82, 2.24) is 9.80 Å². The molecule has 0 aromatic carbocycles. The van der Waals surface area contributed by atoms with Crippen molar-refractivity contribution in [3.05, 3.63) is 0 Å². The van der Waals surface area contributed by atoms with Crippen LogP contribution in [0, 0.1) is 0 Å². The highest BCUT2D eigenvalue weighted by Crippen LogP contribution is 2.23. The molecule has 1 atom stereocenters. The first-order chi connectivity index (χ1) is 7.79. The van der Waals surface area contributed by atoms with Crippen LogP contribution in [0.5, 0.6) is 0 Å². The summed E-state index contributed by atoms with van der Waals surface area (Å²) in [6.45, 7) is 4.87. The van der Waals surface area contributed by atoms with Crippen molar-refractivity contribution < 1.29 is 5.21 Å². The van der Waals surface area contributed by atoms with Gasteiger partial charge >= 0.3 is 0 Å². The average Bonchev–Trinajstić information content (AvgIpc) is 2.83. The van der Waals surface area contributed by atoms with E-state index in [9.17, 15) is 0 Å². The average molecular weight is 244 g/mol. The lowest BCUT2D eigenvalue weighted by Crippen LogP contribution is -2.52. The first-order valence-corrected chi connectivity index (χ1v) is 6.95. The minimum Gasteiger partial charge on any atom is -0.409 e. The van der Waals surface area contributed by atoms with Gasteiger partial charge in [0.05, 0.1) is 6.54 Å². The molecule has 0 unspecified atom stereocenters. The standard InChI is InChI=1S/C10H20N4OS/c11-10(12-15)7-13-2-4-14(5-3-13)9-1-6-16-8-9/h9,15H,1-8H2,(H2,11,12)/t9-/m1/s1. The minimum atomic E-state index is 0.310. The number of thioether (sulfide) groups is 1. The Kier molecular flexibility index (Phi) is 4.31. The van der Waals surface area contributed by atoms with E-state index in [1.807, 2.05) is 0 Å². The van der Waals surface area contributed by atoms with Crippen molar-refractivity contribution in [3.8, 4) is 0 Å². The Morgan fingerprint density at radius 3 is 2.69 bits per heavy atom. The zero-order valence-electron chi connectivity index (χ0n) is 9.51. The fraction of sp³-hybridized carbons (Fsp3) is 0.900. The van der Waals surface area contributed by atoms with Crippen molar-refractivity contribution in [2.45, 2.75) is 12.5 Å². The predicted octanol–water partition coefficient (Wildman–Crippen LogP) is -0.144. The molecule has 6 heteroatoms. The van der Waals surface area contributed by atoms with Crippen molar-refractivity contribution in [1.29, 1.82) is 0 Å². The number of rotatable bonds is 3. The van der Waals surface area contributed by atoms with Crippen molar-refractivity contribution >= 4 is 17.6 Å². The monoisotopic (exact) mass is 244 g/mol.